The van der Waals surface area contributed by atoms with Crippen molar-refractivity contribution < 1.29 is 9.22 Å². The van der Waals surface area contributed by atoms with E-state index in [1.807, 2.05) is 0 Å². The topological polar surface area (TPSA) is 26.3 Å². The molecule has 23 heavy (non-hydrogen) atoms. The summed E-state index contributed by atoms with van der Waals surface area (Å²) in [7, 11) is -1.85. The predicted octanol–water partition coefficient (Wildman–Crippen LogP) is 5.57. The second-order valence-electron chi connectivity index (χ2n) is 10.9. The summed E-state index contributed by atoms with van der Waals surface area (Å²) in [6.07, 6.45) is 2.00. The number of allylic oxidation sites excluding steroid dienone is 1. The Hall–Kier alpha value is 0.130. The van der Waals surface area contributed by atoms with E-state index in [0.29, 0.717) is 11.7 Å². The predicted molar refractivity (Wildman–Crippen MR) is 104 cm³/mol. The summed E-state index contributed by atoms with van der Waals surface area (Å²) in [6.45, 7) is 16.3. The molecule has 2 nitrogen and oxygen atoms in total. The number of carbonyl (C=O) groups is 1. The van der Waals surface area contributed by atoms with Crippen LogP contribution in [0.25, 0.3) is 0 Å². The number of ketones is 1. The third-order valence-corrected chi connectivity index (χ3v) is 14.9. The van der Waals surface area contributed by atoms with Gasteiger partial charge in [-0.15, -0.1) is 0 Å². The molecule has 0 spiro atoms. The Morgan fingerprint density at radius 3 is 2.13 bits per heavy atom. The van der Waals surface area contributed by atoms with Crippen LogP contribution in [-0.4, -0.2) is 33.5 Å². The van der Waals surface area contributed by atoms with Crippen molar-refractivity contribution in [1.82, 2.24) is 0 Å². The number of Topliss-reactive ketones (excluding diaryl/α,β-unsaturated/α-hetero) is 1. The van der Waals surface area contributed by atoms with Crippen LogP contribution >= 0.6 is 0 Å². The minimum atomic E-state index is -2.17. The molecule has 2 aliphatic carbocycles. The molecule has 4 heteroatoms. The Kier molecular flexibility index (Phi) is 4.71. The number of rotatable bonds is 3. The van der Waals surface area contributed by atoms with E-state index < -0.39 is 21.6 Å². The summed E-state index contributed by atoms with van der Waals surface area (Å²) >= 11 is -2.17. The first kappa shape index (κ1) is 19.5. The van der Waals surface area contributed by atoms with E-state index in [1.165, 1.54) is 9.98 Å². The number of hydrogen-bond acceptors (Lipinski definition) is 2. The van der Waals surface area contributed by atoms with Crippen LogP contribution < -0.4 is 0 Å². The zero-order chi connectivity index (χ0) is 18.0. The van der Waals surface area contributed by atoms with Gasteiger partial charge in [0.2, 0.25) is 0 Å². The second kappa shape index (κ2) is 5.57. The van der Waals surface area contributed by atoms with Crippen LogP contribution in [0.3, 0.4) is 0 Å². The Morgan fingerprint density at radius 2 is 1.70 bits per heavy atom. The van der Waals surface area contributed by atoms with Gasteiger partial charge in [0.1, 0.15) is 0 Å². The standard InChI is InChI=1S/C19H36GeO2Si/c1-18(2,3)23(9,10)22-17-15-13(12-19(17,4)5)11-14(21)16(15)20(6,7)8/h13,17H,11-12H2,1-10H3/t13-,17+/m1/s1. The molecular weight excluding hydrogens is 361 g/mol. The van der Waals surface area contributed by atoms with Crippen molar-refractivity contribution in [2.45, 2.75) is 89.0 Å². The van der Waals surface area contributed by atoms with Crippen LogP contribution in [-0.2, 0) is 9.22 Å². The average molecular weight is 397 g/mol. The van der Waals surface area contributed by atoms with Crippen LogP contribution in [0.4, 0.5) is 0 Å². The zero-order valence-electron chi connectivity index (χ0n) is 16.9. The van der Waals surface area contributed by atoms with Gasteiger partial charge < -0.3 is 0 Å². The maximum absolute atomic E-state index is 12.7. The van der Waals surface area contributed by atoms with Gasteiger partial charge in [0.25, 0.3) is 0 Å². The van der Waals surface area contributed by atoms with Gasteiger partial charge in [-0.05, 0) is 0 Å². The molecule has 0 bridgehead atoms. The normalized spacial score (nSPS) is 28.5. The molecule has 0 aromatic rings. The van der Waals surface area contributed by atoms with E-state index in [0.717, 1.165) is 12.8 Å². The van der Waals surface area contributed by atoms with Gasteiger partial charge in [0.15, 0.2) is 0 Å². The van der Waals surface area contributed by atoms with Gasteiger partial charge in [-0.1, -0.05) is 0 Å². The molecule has 2 rings (SSSR count). The SMILES string of the molecule is CC1(C)C[C@H]2CC(=O)[C]([Ge]([CH3])([CH3])[CH3])=C2[C@@H]1O[Si](C)(C)C(C)(C)C. The maximum atomic E-state index is 12.7. The van der Waals surface area contributed by atoms with E-state index in [4.69, 9.17) is 4.43 Å². The average Bonchev–Trinajstić information content (AvgIpc) is 2.69. The summed E-state index contributed by atoms with van der Waals surface area (Å²) < 4.78 is 8.18. The van der Waals surface area contributed by atoms with Crippen LogP contribution in [0, 0.1) is 11.3 Å². The monoisotopic (exact) mass is 398 g/mol. The molecule has 1 fully saturated rings. The van der Waals surface area contributed by atoms with Crippen molar-refractivity contribution in [3.63, 3.8) is 0 Å². The molecule has 1 saturated carbocycles. The van der Waals surface area contributed by atoms with Gasteiger partial charge in [0, 0.05) is 0 Å². The summed E-state index contributed by atoms with van der Waals surface area (Å²) in [5.41, 5.74) is 1.58. The number of fused-ring (bicyclic) bond motifs is 1. The van der Waals surface area contributed by atoms with Gasteiger partial charge in [0.05, 0.1) is 0 Å². The van der Waals surface area contributed by atoms with Crippen molar-refractivity contribution in [2.24, 2.45) is 11.3 Å². The third-order valence-electron chi connectivity index (χ3n) is 6.17. The minimum absolute atomic E-state index is 0.148. The van der Waals surface area contributed by atoms with Gasteiger partial charge >= 0.3 is 147 Å². The quantitative estimate of drug-likeness (QED) is 0.582. The molecule has 0 aromatic heterocycles. The van der Waals surface area contributed by atoms with Crippen molar-refractivity contribution >= 4 is 27.4 Å². The summed E-state index contributed by atoms with van der Waals surface area (Å²) in [6, 6.07) is 0. The summed E-state index contributed by atoms with van der Waals surface area (Å²) in [5, 5.41) is 0.202. The Balaban J connectivity index is 2.52. The Morgan fingerprint density at radius 1 is 1.17 bits per heavy atom. The molecule has 0 N–H and O–H groups in total. The second-order valence-corrected chi connectivity index (χ2v) is 26.1. The molecule has 2 aliphatic rings. The fourth-order valence-electron chi connectivity index (χ4n) is 4.04. The molecular formula is C19H36GeO2Si. The van der Waals surface area contributed by atoms with E-state index in [9.17, 15) is 4.79 Å². The van der Waals surface area contributed by atoms with E-state index in [1.54, 1.807) is 0 Å². The molecule has 0 heterocycles. The molecule has 0 radical (unpaired) electrons. The van der Waals surface area contributed by atoms with Crippen molar-refractivity contribution in [1.29, 1.82) is 0 Å². The van der Waals surface area contributed by atoms with Crippen LogP contribution in [0.1, 0.15) is 47.5 Å². The van der Waals surface area contributed by atoms with E-state index >= 15 is 0 Å². The van der Waals surface area contributed by atoms with Crippen molar-refractivity contribution in [3.8, 4) is 0 Å². The Labute approximate surface area is 146 Å². The molecule has 2 atom stereocenters. The first-order valence-electron chi connectivity index (χ1n) is 9.03. The van der Waals surface area contributed by atoms with Gasteiger partial charge in [-0.3, -0.25) is 0 Å². The molecule has 0 unspecified atom stereocenters. The van der Waals surface area contributed by atoms with Crippen molar-refractivity contribution in [3.05, 3.63) is 9.98 Å². The summed E-state index contributed by atoms with van der Waals surface area (Å²) in [4.78, 5) is 12.7. The molecule has 0 saturated heterocycles. The molecule has 0 amide bonds. The van der Waals surface area contributed by atoms with E-state index in [2.05, 4.69) is 65.0 Å². The molecule has 132 valence electrons. The fourth-order valence-corrected chi connectivity index (χ4v) is 9.92. The van der Waals surface area contributed by atoms with E-state index in [-0.39, 0.29) is 16.6 Å². The first-order chi connectivity index (χ1) is 10.1. The Bertz CT molecular complexity index is 547. The van der Waals surface area contributed by atoms with Crippen LogP contribution in [0.15, 0.2) is 9.98 Å². The molecule has 0 aliphatic heterocycles. The first-order valence-corrected chi connectivity index (χ1v) is 19.3. The molecule has 0 aromatic carbocycles. The van der Waals surface area contributed by atoms with Gasteiger partial charge in [-0.25, -0.2) is 0 Å². The summed E-state index contributed by atoms with van der Waals surface area (Å²) in [5.74, 6) is 7.97. The fraction of sp³-hybridized carbons (Fsp3) is 0.842. The van der Waals surface area contributed by atoms with Crippen molar-refractivity contribution in [2.75, 3.05) is 0 Å². The third kappa shape index (κ3) is 3.43. The number of carbonyl (C=O) groups excluding carboxylic acids is 1. The van der Waals surface area contributed by atoms with Crippen LogP contribution in [0.5, 0.6) is 0 Å². The zero-order valence-corrected chi connectivity index (χ0v) is 20.0. The number of hydrogen-bond donors (Lipinski definition) is 0. The van der Waals surface area contributed by atoms with Gasteiger partial charge in [-0.2, -0.15) is 0 Å². The van der Waals surface area contributed by atoms with Crippen LogP contribution in [0.2, 0.25) is 35.4 Å².